The first-order valence-corrected chi connectivity index (χ1v) is 9.80. The summed E-state index contributed by atoms with van der Waals surface area (Å²) in [5.74, 6) is 0.0866. The SMILES string of the molecule is Cc1ccc(NC(=O)C2CCN(S(C)(=O)=O)c3ccccc3O2)cc1. The minimum Gasteiger partial charge on any atom is -0.478 e. The van der Waals surface area contributed by atoms with Crippen molar-refractivity contribution in [2.75, 3.05) is 22.4 Å². The largest absolute Gasteiger partial charge is 0.478 e. The quantitative estimate of drug-likeness (QED) is 0.913. The van der Waals surface area contributed by atoms with Crippen molar-refractivity contribution >= 4 is 27.3 Å². The molecule has 0 spiro atoms. The number of para-hydroxylation sites is 2. The molecule has 0 aromatic heterocycles. The Labute approximate surface area is 147 Å². The first-order chi connectivity index (χ1) is 11.8. The molecule has 6 nitrogen and oxygen atoms in total. The highest BCUT2D eigenvalue weighted by Gasteiger charge is 2.30. The summed E-state index contributed by atoms with van der Waals surface area (Å²) in [6.45, 7) is 2.15. The molecule has 1 aliphatic heterocycles. The Bertz CT molecular complexity index is 878. The molecule has 3 rings (SSSR count). The lowest BCUT2D eigenvalue weighted by atomic mass is 10.2. The molecule has 0 saturated carbocycles. The average molecular weight is 360 g/mol. The molecule has 1 atom stereocenters. The molecular formula is C18H20N2O4S. The number of hydrogen-bond donors (Lipinski definition) is 1. The number of ether oxygens (including phenoxy) is 1. The van der Waals surface area contributed by atoms with Crippen LogP contribution in [0.4, 0.5) is 11.4 Å². The van der Waals surface area contributed by atoms with E-state index in [1.807, 2.05) is 31.2 Å². The normalized spacial score (nSPS) is 17.2. The van der Waals surface area contributed by atoms with E-state index in [9.17, 15) is 13.2 Å². The van der Waals surface area contributed by atoms with Crippen molar-refractivity contribution < 1.29 is 17.9 Å². The minimum atomic E-state index is -3.45. The monoisotopic (exact) mass is 360 g/mol. The highest BCUT2D eigenvalue weighted by atomic mass is 32.2. The lowest BCUT2D eigenvalue weighted by Gasteiger charge is -2.20. The summed E-state index contributed by atoms with van der Waals surface area (Å²) in [6.07, 6.45) is 0.643. The van der Waals surface area contributed by atoms with Crippen LogP contribution in [0.15, 0.2) is 48.5 Å². The maximum absolute atomic E-state index is 12.6. The van der Waals surface area contributed by atoms with E-state index in [1.54, 1.807) is 24.3 Å². The third-order valence-corrected chi connectivity index (χ3v) is 5.19. The molecule has 0 aliphatic carbocycles. The number of aryl methyl sites for hydroxylation is 1. The highest BCUT2D eigenvalue weighted by molar-refractivity contribution is 7.92. The molecule has 1 amide bonds. The summed E-state index contributed by atoms with van der Waals surface area (Å²) in [5.41, 5.74) is 2.23. The van der Waals surface area contributed by atoms with Crippen molar-refractivity contribution in [2.24, 2.45) is 0 Å². The number of anilines is 2. The number of amides is 1. The molecule has 2 aromatic carbocycles. The second-order valence-corrected chi connectivity index (χ2v) is 7.96. The smallest absolute Gasteiger partial charge is 0.265 e. The van der Waals surface area contributed by atoms with Crippen LogP contribution in [0, 0.1) is 6.92 Å². The summed E-state index contributed by atoms with van der Waals surface area (Å²) >= 11 is 0. The number of carbonyl (C=O) groups is 1. The van der Waals surface area contributed by atoms with Gasteiger partial charge in [0.15, 0.2) is 6.10 Å². The van der Waals surface area contributed by atoms with E-state index in [-0.39, 0.29) is 18.9 Å². The van der Waals surface area contributed by atoms with Crippen LogP contribution in [-0.4, -0.2) is 33.2 Å². The predicted octanol–water partition coefficient (Wildman–Crippen LogP) is 2.55. The zero-order chi connectivity index (χ0) is 18.0. The van der Waals surface area contributed by atoms with E-state index in [2.05, 4.69) is 5.32 Å². The number of benzene rings is 2. The van der Waals surface area contributed by atoms with Crippen molar-refractivity contribution in [3.63, 3.8) is 0 Å². The molecule has 25 heavy (non-hydrogen) atoms. The summed E-state index contributed by atoms with van der Waals surface area (Å²) < 4.78 is 31.2. The molecular weight excluding hydrogens is 340 g/mol. The number of carbonyl (C=O) groups excluding carboxylic acids is 1. The molecule has 0 saturated heterocycles. The van der Waals surface area contributed by atoms with Crippen molar-refractivity contribution in [1.82, 2.24) is 0 Å². The lowest BCUT2D eigenvalue weighted by Crippen LogP contribution is -2.35. The van der Waals surface area contributed by atoms with Gasteiger partial charge in [-0.25, -0.2) is 8.42 Å². The van der Waals surface area contributed by atoms with E-state index in [1.165, 1.54) is 4.31 Å². The van der Waals surface area contributed by atoms with Gasteiger partial charge >= 0.3 is 0 Å². The van der Waals surface area contributed by atoms with E-state index in [0.717, 1.165) is 11.8 Å². The maximum Gasteiger partial charge on any atom is 0.265 e. The fourth-order valence-electron chi connectivity index (χ4n) is 2.72. The lowest BCUT2D eigenvalue weighted by molar-refractivity contribution is -0.122. The number of rotatable bonds is 3. The van der Waals surface area contributed by atoms with Crippen molar-refractivity contribution in [3.8, 4) is 5.75 Å². The Morgan fingerprint density at radius 1 is 1.16 bits per heavy atom. The predicted molar refractivity (Wildman–Crippen MR) is 97.5 cm³/mol. The van der Waals surface area contributed by atoms with Crippen LogP contribution in [0.25, 0.3) is 0 Å². The highest BCUT2D eigenvalue weighted by Crippen LogP contribution is 2.34. The number of fused-ring (bicyclic) bond motifs is 1. The van der Waals surface area contributed by atoms with Crippen LogP contribution in [0.2, 0.25) is 0 Å². The fraction of sp³-hybridized carbons (Fsp3) is 0.278. The van der Waals surface area contributed by atoms with Crippen LogP contribution in [0.1, 0.15) is 12.0 Å². The fourth-order valence-corrected chi connectivity index (χ4v) is 3.66. The summed E-state index contributed by atoms with van der Waals surface area (Å²) in [5, 5.41) is 2.82. The van der Waals surface area contributed by atoms with Gasteiger partial charge in [-0.1, -0.05) is 29.8 Å². The number of hydrogen-bond acceptors (Lipinski definition) is 4. The van der Waals surface area contributed by atoms with Gasteiger partial charge in [0.05, 0.1) is 11.9 Å². The minimum absolute atomic E-state index is 0.182. The summed E-state index contributed by atoms with van der Waals surface area (Å²) in [6, 6.07) is 14.3. The first-order valence-electron chi connectivity index (χ1n) is 7.95. The Hall–Kier alpha value is -2.54. The van der Waals surface area contributed by atoms with Gasteiger partial charge in [0.1, 0.15) is 5.75 Å². The van der Waals surface area contributed by atoms with Crippen LogP contribution in [-0.2, 0) is 14.8 Å². The van der Waals surface area contributed by atoms with E-state index in [4.69, 9.17) is 4.74 Å². The molecule has 1 heterocycles. The zero-order valence-corrected chi connectivity index (χ0v) is 14.9. The van der Waals surface area contributed by atoms with E-state index < -0.39 is 16.1 Å². The number of nitrogens with zero attached hydrogens (tertiary/aromatic N) is 1. The van der Waals surface area contributed by atoms with Gasteiger partial charge in [-0.3, -0.25) is 9.10 Å². The molecule has 1 unspecified atom stereocenters. The average Bonchev–Trinajstić information content (AvgIpc) is 2.76. The third kappa shape index (κ3) is 3.93. The summed E-state index contributed by atoms with van der Waals surface area (Å²) in [4.78, 5) is 12.6. The Balaban J connectivity index is 1.83. The molecule has 132 valence electrons. The number of nitrogens with one attached hydrogen (secondary N) is 1. The molecule has 0 bridgehead atoms. The Kier molecular flexibility index (Phi) is 4.67. The van der Waals surface area contributed by atoms with Gasteiger partial charge in [-0.05, 0) is 31.2 Å². The van der Waals surface area contributed by atoms with Crippen molar-refractivity contribution in [1.29, 1.82) is 0 Å². The van der Waals surface area contributed by atoms with E-state index >= 15 is 0 Å². The van der Waals surface area contributed by atoms with E-state index in [0.29, 0.717) is 17.1 Å². The first kappa shape index (κ1) is 17.3. The Morgan fingerprint density at radius 2 is 1.84 bits per heavy atom. The van der Waals surface area contributed by atoms with Gasteiger partial charge in [0, 0.05) is 18.7 Å². The van der Waals surface area contributed by atoms with Gasteiger partial charge in [0.25, 0.3) is 5.91 Å². The van der Waals surface area contributed by atoms with Crippen molar-refractivity contribution in [3.05, 3.63) is 54.1 Å². The number of sulfonamides is 1. The van der Waals surface area contributed by atoms with Gasteiger partial charge in [-0.15, -0.1) is 0 Å². The summed E-state index contributed by atoms with van der Waals surface area (Å²) in [7, 11) is -3.45. The topological polar surface area (TPSA) is 75.7 Å². The Morgan fingerprint density at radius 3 is 2.52 bits per heavy atom. The van der Waals surface area contributed by atoms with Gasteiger partial charge < -0.3 is 10.1 Å². The molecule has 2 aromatic rings. The molecule has 1 aliphatic rings. The van der Waals surface area contributed by atoms with Crippen molar-refractivity contribution in [2.45, 2.75) is 19.4 Å². The van der Waals surface area contributed by atoms with Gasteiger partial charge in [0.2, 0.25) is 10.0 Å². The maximum atomic E-state index is 12.6. The third-order valence-electron chi connectivity index (χ3n) is 4.01. The molecule has 1 N–H and O–H groups in total. The van der Waals surface area contributed by atoms with Crippen LogP contribution in [0.5, 0.6) is 5.75 Å². The van der Waals surface area contributed by atoms with Crippen LogP contribution >= 0.6 is 0 Å². The standard InChI is InChI=1S/C18H20N2O4S/c1-13-7-9-14(10-8-13)19-18(21)17-11-12-20(25(2,22)23)15-5-3-4-6-16(15)24-17/h3-10,17H,11-12H2,1-2H3,(H,19,21). The molecule has 0 fully saturated rings. The van der Waals surface area contributed by atoms with Gasteiger partial charge in [-0.2, -0.15) is 0 Å². The molecule has 7 heteroatoms. The van der Waals surface area contributed by atoms with Crippen LogP contribution < -0.4 is 14.4 Å². The van der Waals surface area contributed by atoms with Crippen LogP contribution in [0.3, 0.4) is 0 Å². The second-order valence-electron chi connectivity index (χ2n) is 6.05. The second kappa shape index (κ2) is 6.76. The zero-order valence-electron chi connectivity index (χ0n) is 14.1. The molecule has 0 radical (unpaired) electrons.